The second-order valence-electron chi connectivity index (χ2n) is 7.65. The summed E-state index contributed by atoms with van der Waals surface area (Å²) in [7, 11) is 1.66. The van der Waals surface area contributed by atoms with Gasteiger partial charge in [-0.15, -0.1) is 0 Å². The molecule has 0 spiro atoms. The van der Waals surface area contributed by atoms with Crippen LogP contribution in [-0.4, -0.2) is 61.6 Å². The highest BCUT2D eigenvalue weighted by Gasteiger charge is 2.20. The average Bonchev–Trinajstić information content (AvgIpc) is 2.73. The minimum atomic E-state index is -0.494. The van der Waals surface area contributed by atoms with Crippen LogP contribution in [0.15, 0.2) is 42.5 Å². The van der Waals surface area contributed by atoms with Crippen molar-refractivity contribution in [1.29, 1.82) is 0 Å². The molecule has 1 aliphatic rings. The van der Waals surface area contributed by atoms with Crippen LogP contribution >= 0.6 is 0 Å². The molecule has 2 aromatic rings. The van der Waals surface area contributed by atoms with Crippen molar-refractivity contribution in [2.24, 2.45) is 0 Å². The summed E-state index contributed by atoms with van der Waals surface area (Å²) in [6, 6.07) is 13.3. The van der Waals surface area contributed by atoms with Gasteiger partial charge in [-0.2, -0.15) is 0 Å². The smallest absolute Gasteiger partial charge is 0.325 e. The van der Waals surface area contributed by atoms with E-state index in [0.29, 0.717) is 5.69 Å². The molecule has 1 aliphatic heterocycles. The number of anilines is 1. The topological polar surface area (TPSA) is 73.9 Å². The molecule has 7 nitrogen and oxygen atoms in total. The van der Waals surface area contributed by atoms with Crippen molar-refractivity contribution >= 4 is 17.6 Å². The van der Waals surface area contributed by atoms with Crippen LogP contribution in [0.5, 0.6) is 5.75 Å². The van der Waals surface area contributed by atoms with E-state index in [2.05, 4.69) is 32.6 Å². The summed E-state index contributed by atoms with van der Waals surface area (Å²) in [5, 5.41) is 5.18. The molecule has 0 unspecified atom stereocenters. The molecule has 2 N–H and O–H groups in total. The van der Waals surface area contributed by atoms with E-state index in [4.69, 9.17) is 4.74 Å². The van der Waals surface area contributed by atoms with Crippen LogP contribution in [0.1, 0.15) is 16.7 Å². The van der Waals surface area contributed by atoms with Crippen LogP contribution in [0.3, 0.4) is 0 Å². The van der Waals surface area contributed by atoms with Gasteiger partial charge in [-0.3, -0.25) is 19.9 Å². The highest BCUT2D eigenvalue weighted by atomic mass is 16.5. The fourth-order valence-corrected chi connectivity index (χ4v) is 3.50. The van der Waals surface area contributed by atoms with Gasteiger partial charge in [0.1, 0.15) is 5.75 Å². The number of carbonyl (C=O) groups excluding carboxylic acids is 2. The molecule has 3 amide bonds. The zero-order chi connectivity index (χ0) is 21.5. The molecule has 1 heterocycles. The first-order valence-corrected chi connectivity index (χ1v) is 10.2. The number of carbonyl (C=O) groups is 2. The molecule has 2 aromatic carbocycles. The first-order chi connectivity index (χ1) is 14.4. The lowest BCUT2D eigenvalue weighted by Crippen LogP contribution is -2.50. The summed E-state index contributed by atoms with van der Waals surface area (Å²) in [6.45, 7) is 8.38. The van der Waals surface area contributed by atoms with E-state index < -0.39 is 6.03 Å². The second kappa shape index (κ2) is 10.2. The van der Waals surface area contributed by atoms with Gasteiger partial charge in [0.25, 0.3) is 0 Å². The molecule has 0 saturated carbocycles. The Bertz CT molecular complexity index is 875. The summed E-state index contributed by atoms with van der Waals surface area (Å²) in [5.41, 5.74) is 4.04. The number of imide groups is 1. The van der Waals surface area contributed by atoms with E-state index in [1.807, 2.05) is 44.2 Å². The number of methoxy groups -OCH3 is 1. The van der Waals surface area contributed by atoms with E-state index >= 15 is 0 Å². The largest absolute Gasteiger partial charge is 0.497 e. The Morgan fingerprint density at radius 1 is 0.967 bits per heavy atom. The number of ether oxygens (including phenoxy) is 1. The van der Waals surface area contributed by atoms with Crippen LogP contribution in [0.4, 0.5) is 10.5 Å². The number of hydrogen-bond donors (Lipinski definition) is 2. The number of benzene rings is 2. The van der Waals surface area contributed by atoms with E-state index in [0.717, 1.165) is 49.6 Å². The van der Waals surface area contributed by atoms with Crippen LogP contribution in [-0.2, 0) is 11.3 Å². The maximum atomic E-state index is 12.3. The Balaban J connectivity index is 1.40. The lowest BCUT2D eigenvalue weighted by molar-refractivity contribution is -0.121. The van der Waals surface area contributed by atoms with Crippen LogP contribution < -0.4 is 15.4 Å². The van der Waals surface area contributed by atoms with Gasteiger partial charge in [0.15, 0.2) is 0 Å². The zero-order valence-corrected chi connectivity index (χ0v) is 17.9. The number of nitrogens with zero attached hydrogens (tertiary/aromatic N) is 2. The van der Waals surface area contributed by atoms with Gasteiger partial charge in [-0.25, -0.2) is 4.79 Å². The normalized spacial score (nSPS) is 14.9. The molecular weight excluding hydrogens is 380 g/mol. The number of nitrogens with one attached hydrogen (secondary N) is 2. The molecule has 160 valence electrons. The standard InChI is InChI=1S/C23H30N4O3/c1-17-5-4-6-21(18(17)2)24-23(29)25-22(28)16-27-13-11-26(12-14-27)15-19-7-9-20(30-3)10-8-19/h4-10H,11-16H2,1-3H3,(H2,24,25,28,29). The number of urea groups is 1. The Morgan fingerprint density at radius 2 is 1.63 bits per heavy atom. The molecule has 7 heteroatoms. The average molecular weight is 411 g/mol. The Hall–Kier alpha value is -2.90. The Labute approximate surface area is 178 Å². The van der Waals surface area contributed by atoms with E-state index in [1.54, 1.807) is 7.11 Å². The highest BCUT2D eigenvalue weighted by Crippen LogP contribution is 2.17. The van der Waals surface area contributed by atoms with Crippen LogP contribution in [0, 0.1) is 13.8 Å². The molecule has 0 aromatic heterocycles. The summed E-state index contributed by atoms with van der Waals surface area (Å²) >= 11 is 0. The molecule has 0 radical (unpaired) electrons. The summed E-state index contributed by atoms with van der Waals surface area (Å²) in [6.07, 6.45) is 0. The van der Waals surface area contributed by atoms with Crippen LogP contribution in [0.2, 0.25) is 0 Å². The molecule has 0 aliphatic carbocycles. The first-order valence-electron chi connectivity index (χ1n) is 10.2. The van der Waals surface area contributed by atoms with Gasteiger partial charge >= 0.3 is 6.03 Å². The molecule has 30 heavy (non-hydrogen) atoms. The third-order valence-electron chi connectivity index (χ3n) is 5.50. The summed E-state index contributed by atoms with van der Waals surface area (Å²) < 4.78 is 5.20. The molecule has 1 fully saturated rings. The highest BCUT2D eigenvalue weighted by molar-refractivity contribution is 6.02. The van der Waals surface area contributed by atoms with E-state index in [9.17, 15) is 9.59 Å². The van der Waals surface area contributed by atoms with Crippen molar-refractivity contribution < 1.29 is 14.3 Å². The van der Waals surface area contributed by atoms with Gasteiger partial charge in [0, 0.05) is 38.4 Å². The summed E-state index contributed by atoms with van der Waals surface area (Å²) in [5.74, 6) is 0.567. The summed E-state index contributed by atoms with van der Waals surface area (Å²) in [4.78, 5) is 28.8. The monoisotopic (exact) mass is 410 g/mol. The zero-order valence-electron chi connectivity index (χ0n) is 17.9. The number of hydrogen-bond acceptors (Lipinski definition) is 5. The van der Waals surface area contributed by atoms with Gasteiger partial charge in [0.05, 0.1) is 13.7 Å². The third-order valence-corrected chi connectivity index (χ3v) is 5.50. The fourth-order valence-electron chi connectivity index (χ4n) is 3.50. The minimum Gasteiger partial charge on any atom is -0.497 e. The van der Waals surface area contributed by atoms with Crippen LogP contribution in [0.25, 0.3) is 0 Å². The van der Waals surface area contributed by atoms with Gasteiger partial charge in [-0.1, -0.05) is 24.3 Å². The lowest BCUT2D eigenvalue weighted by atomic mass is 10.1. The molecule has 0 atom stereocenters. The van der Waals surface area contributed by atoms with Gasteiger partial charge in [-0.05, 0) is 48.7 Å². The second-order valence-corrected chi connectivity index (χ2v) is 7.65. The predicted octanol–water partition coefficient (Wildman–Crippen LogP) is 2.78. The van der Waals surface area contributed by atoms with Crippen molar-refractivity contribution in [3.63, 3.8) is 0 Å². The first kappa shape index (κ1) is 21.8. The van der Waals surface area contributed by atoms with Crippen molar-refractivity contribution in [3.05, 3.63) is 59.2 Å². The Morgan fingerprint density at radius 3 is 2.30 bits per heavy atom. The molecule has 0 bridgehead atoms. The minimum absolute atomic E-state index is 0.219. The lowest BCUT2D eigenvalue weighted by Gasteiger charge is -2.34. The maximum Gasteiger partial charge on any atom is 0.325 e. The molecular formula is C23H30N4O3. The number of amides is 3. The van der Waals surface area contributed by atoms with E-state index in [-0.39, 0.29) is 12.5 Å². The third kappa shape index (κ3) is 6.05. The van der Waals surface area contributed by atoms with Crippen molar-refractivity contribution in [1.82, 2.24) is 15.1 Å². The van der Waals surface area contributed by atoms with Gasteiger partial charge in [0.2, 0.25) is 5.91 Å². The van der Waals surface area contributed by atoms with Crippen molar-refractivity contribution in [2.75, 3.05) is 45.2 Å². The number of aryl methyl sites for hydroxylation is 1. The van der Waals surface area contributed by atoms with Crippen molar-refractivity contribution in [3.8, 4) is 5.75 Å². The quantitative estimate of drug-likeness (QED) is 0.766. The number of rotatable bonds is 6. The van der Waals surface area contributed by atoms with Gasteiger partial charge < -0.3 is 10.1 Å². The fraction of sp³-hybridized carbons (Fsp3) is 0.391. The SMILES string of the molecule is COc1ccc(CN2CCN(CC(=O)NC(=O)Nc3cccc(C)c3C)CC2)cc1. The molecule has 1 saturated heterocycles. The van der Waals surface area contributed by atoms with Crippen molar-refractivity contribution in [2.45, 2.75) is 20.4 Å². The maximum absolute atomic E-state index is 12.3. The Kier molecular flexibility index (Phi) is 7.43. The predicted molar refractivity (Wildman–Crippen MR) is 118 cm³/mol. The van der Waals surface area contributed by atoms with E-state index in [1.165, 1.54) is 5.56 Å². The number of piperazine rings is 1. The molecule has 3 rings (SSSR count).